The molecule has 150 valence electrons. The molecule has 0 aromatic heterocycles. The Kier molecular flexibility index (Phi) is 6.53. The highest BCUT2D eigenvalue weighted by atomic mass is 32.2. The van der Waals surface area contributed by atoms with E-state index in [0.29, 0.717) is 0 Å². The van der Waals surface area contributed by atoms with Crippen molar-refractivity contribution < 1.29 is 30.2 Å². The van der Waals surface area contributed by atoms with E-state index < -0.39 is 22.0 Å². The average Bonchev–Trinajstić information content (AvgIpc) is 2.50. The maximum absolute atomic E-state index is 12.6. The van der Waals surface area contributed by atoms with Crippen LogP contribution in [0.15, 0.2) is 29.2 Å². The van der Waals surface area contributed by atoms with Crippen molar-refractivity contribution in [3.05, 3.63) is 29.8 Å². The molecule has 4 nitrogen and oxygen atoms in total. The van der Waals surface area contributed by atoms with Crippen LogP contribution in [0.5, 0.6) is 0 Å². The van der Waals surface area contributed by atoms with Gasteiger partial charge in [0, 0.05) is 32.1 Å². The minimum Gasteiger partial charge on any atom is -0.266 e. The number of benzene rings is 1. The van der Waals surface area contributed by atoms with Crippen LogP contribution in [-0.2, 0) is 14.3 Å². The summed E-state index contributed by atoms with van der Waals surface area (Å²) >= 11 is 0. The lowest BCUT2D eigenvalue weighted by atomic mass is 9.80. The van der Waals surface area contributed by atoms with Crippen LogP contribution in [0.25, 0.3) is 0 Å². The lowest BCUT2D eigenvalue weighted by Gasteiger charge is -2.34. The number of halogens is 4. The van der Waals surface area contributed by atoms with Gasteiger partial charge in [-0.3, -0.25) is 4.18 Å². The molecule has 0 spiro atoms. The topological polar surface area (TPSA) is 67.2 Å². The number of hydrogen-bond acceptors (Lipinski definition) is 4. The monoisotopic (exact) mass is 407 g/mol. The van der Waals surface area contributed by atoms with E-state index in [4.69, 9.17) is 9.44 Å². The predicted molar refractivity (Wildman–Crippen MR) is 89.9 cm³/mol. The molecule has 2 aliphatic rings. The molecule has 27 heavy (non-hydrogen) atoms. The summed E-state index contributed by atoms with van der Waals surface area (Å²) in [5.74, 6) is -5.52. The molecule has 3 rings (SSSR count). The molecule has 1 aromatic carbocycles. The van der Waals surface area contributed by atoms with Gasteiger partial charge in [-0.15, -0.1) is 0 Å². The van der Waals surface area contributed by atoms with Gasteiger partial charge >= 0.3 is 0 Å². The van der Waals surface area contributed by atoms with Crippen molar-refractivity contribution in [2.24, 2.45) is 11.8 Å². The van der Waals surface area contributed by atoms with Crippen molar-refractivity contribution in [2.75, 3.05) is 6.61 Å². The summed E-state index contributed by atoms with van der Waals surface area (Å²) < 4.78 is 77.4. The summed E-state index contributed by atoms with van der Waals surface area (Å²) in [6.45, 7) is 1.67. The molecule has 0 atom stereocenters. The molecule has 0 N–H and O–H groups in total. The first-order valence-electron chi connectivity index (χ1n) is 8.51. The molecule has 1 aromatic rings. The third-order valence-corrected chi connectivity index (χ3v) is 5.79. The van der Waals surface area contributed by atoms with E-state index in [1.54, 1.807) is 12.1 Å². The highest BCUT2D eigenvalue weighted by molar-refractivity contribution is 7.86. The van der Waals surface area contributed by atoms with Gasteiger partial charge in [0.2, 0.25) is 11.8 Å². The van der Waals surface area contributed by atoms with Gasteiger partial charge in [0.15, 0.2) is 0 Å². The van der Waals surface area contributed by atoms with Crippen molar-refractivity contribution in [1.29, 1.82) is 5.26 Å². The second-order valence-electron chi connectivity index (χ2n) is 7.17. The van der Waals surface area contributed by atoms with E-state index in [2.05, 4.69) is 0 Å². The molecule has 0 bridgehead atoms. The molecule has 2 fully saturated rings. The fraction of sp³-hybridized carbons (Fsp3) is 0.611. The Hall–Kier alpha value is -1.66. The zero-order chi connectivity index (χ0) is 20.3. The van der Waals surface area contributed by atoms with Gasteiger partial charge in [0.1, 0.15) is 0 Å². The van der Waals surface area contributed by atoms with Crippen molar-refractivity contribution in [2.45, 2.75) is 55.8 Å². The van der Waals surface area contributed by atoms with Gasteiger partial charge in [-0.2, -0.15) is 13.7 Å². The minimum atomic E-state index is -3.83. The summed E-state index contributed by atoms with van der Waals surface area (Å²) in [6, 6.07) is 8.08. The Morgan fingerprint density at radius 3 is 1.96 bits per heavy atom. The van der Waals surface area contributed by atoms with Crippen molar-refractivity contribution in [3.63, 3.8) is 0 Å². The smallest absolute Gasteiger partial charge is 0.266 e. The number of rotatable bonds is 5. The van der Waals surface area contributed by atoms with Gasteiger partial charge < -0.3 is 0 Å². The third kappa shape index (κ3) is 6.47. The third-order valence-electron chi connectivity index (χ3n) is 4.50. The van der Waals surface area contributed by atoms with E-state index >= 15 is 0 Å². The quantitative estimate of drug-likeness (QED) is 0.525. The van der Waals surface area contributed by atoms with Gasteiger partial charge in [0.25, 0.3) is 10.1 Å². The summed E-state index contributed by atoms with van der Waals surface area (Å²) in [4.78, 5) is 0.0548. The molecular weight excluding hydrogens is 386 g/mol. The Bertz CT molecular complexity index is 772. The Morgan fingerprint density at radius 2 is 1.52 bits per heavy atom. The molecule has 0 saturated heterocycles. The Labute approximate surface area is 156 Å². The van der Waals surface area contributed by atoms with Gasteiger partial charge in [-0.25, -0.2) is 17.6 Å². The van der Waals surface area contributed by atoms with Crippen LogP contribution in [0, 0.1) is 30.1 Å². The largest absolute Gasteiger partial charge is 0.296 e. The highest BCUT2D eigenvalue weighted by Gasteiger charge is 2.46. The fourth-order valence-electron chi connectivity index (χ4n) is 2.92. The van der Waals surface area contributed by atoms with Crippen LogP contribution in [0.3, 0.4) is 0 Å². The summed E-state index contributed by atoms with van der Waals surface area (Å²) in [5, 5.41) is 8.08. The molecule has 9 heteroatoms. The van der Waals surface area contributed by atoms with Crippen LogP contribution >= 0.6 is 0 Å². The number of hydrogen-bond donors (Lipinski definition) is 0. The van der Waals surface area contributed by atoms with E-state index in [1.165, 1.54) is 12.1 Å². The van der Waals surface area contributed by atoms with E-state index in [-0.39, 0.29) is 55.4 Å². The molecule has 0 heterocycles. The summed E-state index contributed by atoms with van der Waals surface area (Å²) in [7, 11) is -3.83. The molecule has 0 unspecified atom stereocenters. The molecule has 2 aliphatic carbocycles. The maximum atomic E-state index is 12.6. The Morgan fingerprint density at radius 1 is 1.04 bits per heavy atom. The fourth-order valence-corrected chi connectivity index (χ4v) is 3.90. The average molecular weight is 407 g/mol. The van der Waals surface area contributed by atoms with E-state index in [9.17, 15) is 26.0 Å². The maximum Gasteiger partial charge on any atom is 0.296 e. The molecular formula is C18H21F4NO3S. The molecule has 2 saturated carbocycles. The standard InChI is InChI=1S/C12H14F2O3S.C6H7F2N/c1-9-2-4-11(5-3-9)18(15,16)17-8-10-6-12(13,14)7-10;7-6(8)3-5(4-6)1-2-9/h2-5,10H,6-8H2,1H3;5H,1,3-4H2. The van der Waals surface area contributed by atoms with Crippen LogP contribution in [0.2, 0.25) is 0 Å². The number of nitriles is 1. The lowest BCUT2D eigenvalue weighted by molar-refractivity contribution is -0.118. The number of alkyl halides is 4. The molecule has 0 radical (unpaired) electrons. The molecule has 0 aliphatic heterocycles. The van der Waals surface area contributed by atoms with Crippen molar-refractivity contribution in [3.8, 4) is 6.07 Å². The zero-order valence-corrected chi connectivity index (χ0v) is 15.6. The van der Waals surface area contributed by atoms with Crippen molar-refractivity contribution >= 4 is 10.1 Å². The first-order chi connectivity index (χ1) is 12.4. The van der Waals surface area contributed by atoms with Crippen molar-refractivity contribution in [1.82, 2.24) is 0 Å². The van der Waals surface area contributed by atoms with Crippen LogP contribution in [0.4, 0.5) is 17.6 Å². The summed E-state index contributed by atoms with van der Waals surface area (Å²) in [6.07, 6.45) is -0.469. The predicted octanol–water partition coefficient (Wildman–Crippen LogP) is 4.69. The first kappa shape index (κ1) is 21.6. The normalized spacial score (nSPS) is 21.2. The van der Waals surface area contributed by atoms with E-state index in [0.717, 1.165) is 5.56 Å². The molecule has 0 amide bonds. The zero-order valence-electron chi connectivity index (χ0n) is 14.8. The first-order valence-corrected chi connectivity index (χ1v) is 9.92. The van der Waals surface area contributed by atoms with Gasteiger partial charge in [-0.1, -0.05) is 17.7 Å². The van der Waals surface area contributed by atoms with E-state index in [1.807, 2.05) is 13.0 Å². The van der Waals surface area contributed by atoms with Crippen LogP contribution in [0.1, 0.15) is 37.7 Å². The minimum absolute atomic E-state index is 0.0370. The second-order valence-corrected chi connectivity index (χ2v) is 8.79. The second kappa shape index (κ2) is 8.15. The summed E-state index contributed by atoms with van der Waals surface area (Å²) in [5.41, 5.74) is 0.938. The lowest BCUT2D eigenvalue weighted by Crippen LogP contribution is -2.38. The van der Waals surface area contributed by atoms with Crippen LogP contribution < -0.4 is 0 Å². The Balaban J connectivity index is 0.000000244. The number of nitrogens with zero attached hydrogens (tertiary/aromatic N) is 1. The van der Waals surface area contributed by atoms with Crippen LogP contribution in [-0.4, -0.2) is 26.9 Å². The SMILES string of the molecule is Cc1ccc(S(=O)(=O)OCC2CC(F)(F)C2)cc1.N#CCC1CC(F)(F)C1. The van der Waals surface area contributed by atoms with Gasteiger partial charge in [-0.05, 0) is 30.9 Å². The van der Waals surface area contributed by atoms with Gasteiger partial charge in [0.05, 0.1) is 17.6 Å². The number of aryl methyl sites for hydroxylation is 1. The highest BCUT2D eigenvalue weighted by Crippen LogP contribution is 2.44.